The van der Waals surface area contributed by atoms with Crippen molar-refractivity contribution >= 4 is 5.69 Å². The highest BCUT2D eigenvalue weighted by molar-refractivity contribution is 5.45. The fraction of sp³-hybridized carbons (Fsp3) is 0.643. The molecule has 3 nitrogen and oxygen atoms in total. The lowest BCUT2D eigenvalue weighted by Gasteiger charge is -2.23. The van der Waals surface area contributed by atoms with Crippen molar-refractivity contribution in [3.63, 3.8) is 0 Å². The minimum absolute atomic E-state index is 0.161. The summed E-state index contributed by atoms with van der Waals surface area (Å²) < 4.78 is 13.1. The molecule has 4 heteroatoms. The predicted molar refractivity (Wildman–Crippen MR) is 72.3 cm³/mol. The van der Waals surface area contributed by atoms with Crippen LogP contribution < -0.4 is 10.2 Å². The fourth-order valence-corrected chi connectivity index (χ4v) is 2.26. The summed E-state index contributed by atoms with van der Waals surface area (Å²) in [6, 6.07) is 1.56. The standard InChI is InChI=1S/C14H22FN3/c1-14(2,3)17-7-11-4-5-18(10-11)13-6-12(15)8-16-9-13/h6,8-9,11,17H,4-5,7,10H2,1-3H3. The Labute approximate surface area is 108 Å². The summed E-state index contributed by atoms with van der Waals surface area (Å²) in [7, 11) is 0. The van der Waals surface area contributed by atoms with Crippen molar-refractivity contribution in [2.45, 2.75) is 32.7 Å². The Kier molecular flexibility index (Phi) is 3.85. The van der Waals surface area contributed by atoms with Gasteiger partial charge in [0.25, 0.3) is 0 Å². The number of nitrogens with zero attached hydrogens (tertiary/aromatic N) is 2. The molecule has 100 valence electrons. The van der Waals surface area contributed by atoms with E-state index in [9.17, 15) is 4.39 Å². The molecule has 1 aromatic rings. The van der Waals surface area contributed by atoms with E-state index in [2.05, 4.69) is 36.0 Å². The SMILES string of the molecule is CC(C)(C)NCC1CCN(c2cncc(F)c2)C1. The number of aromatic nitrogens is 1. The maximum atomic E-state index is 13.1. The van der Waals surface area contributed by atoms with E-state index < -0.39 is 0 Å². The van der Waals surface area contributed by atoms with Gasteiger partial charge in [-0.05, 0) is 33.1 Å². The van der Waals surface area contributed by atoms with Crippen LogP contribution in [0.2, 0.25) is 0 Å². The number of halogens is 1. The van der Waals surface area contributed by atoms with Gasteiger partial charge >= 0.3 is 0 Å². The smallest absolute Gasteiger partial charge is 0.143 e. The lowest BCUT2D eigenvalue weighted by molar-refractivity contribution is 0.383. The molecule has 1 aromatic heterocycles. The second-order valence-electron chi connectivity index (χ2n) is 6.09. The van der Waals surface area contributed by atoms with Gasteiger partial charge in [0, 0.05) is 31.2 Å². The van der Waals surface area contributed by atoms with Crippen LogP contribution in [-0.2, 0) is 0 Å². The molecular formula is C14H22FN3. The van der Waals surface area contributed by atoms with Gasteiger partial charge in [0.05, 0.1) is 18.1 Å². The second-order valence-corrected chi connectivity index (χ2v) is 6.09. The van der Waals surface area contributed by atoms with Crippen molar-refractivity contribution in [2.75, 3.05) is 24.5 Å². The fourth-order valence-electron chi connectivity index (χ4n) is 2.26. The third-order valence-electron chi connectivity index (χ3n) is 3.26. The van der Waals surface area contributed by atoms with Gasteiger partial charge in [-0.1, -0.05) is 0 Å². The summed E-state index contributed by atoms with van der Waals surface area (Å²) in [4.78, 5) is 6.12. The molecule has 0 amide bonds. The van der Waals surface area contributed by atoms with E-state index in [1.807, 2.05) is 0 Å². The van der Waals surface area contributed by atoms with Crippen LogP contribution in [-0.4, -0.2) is 30.2 Å². The van der Waals surface area contributed by atoms with Gasteiger partial charge in [-0.3, -0.25) is 4.98 Å². The average molecular weight is 251 g/mol. The van der Waals surface area contributed by atoms with Crippen LogP contribution in [0.3, 0.4) is 0 Å². The molecular weight excluding hydrogens is 229 g/mol. The summed E-state index contributed by atoms with van der Waals surface area (Å²) in [5, 5.41) is 3.53. The summed E-state index contributed by atoms with van der Waals surface area (Å²) in [5.41, 5.74) is 1.06. The van der Waals surface area contributed by atoms with Crippen LogP contribution in [0.5, 0.6) is 0 Å². The van der Waals surface area contributed by atoms with Gasteiger partial charge in [0.2, 0.25) is 0 Å². The Morgan fingerprint density at radius 3 is 2.89 bits per heavy atom. The summed E-state index contributed by atoms with van der Waals surface area (Å²) in [6.45, 7) is 9.52. The van der Waals surface area contributed by atoms with Crippen molar-refractivity contribution in [1.82, 2.24) is 10.3 Å². The van der Waals surface area contributed by atoms with Crippen LogP contribution in [0.1, 0.15) is 27.2 Å². The summed E-state index contributed by atoms with van der Waals surface area (Å²) in [5.74, 6) is 0.372. The van der Waals surface area contributed by atoms with Crippen LogP contribution in [0.15, 0.2) is 18.5 Å². The number of hydrogen-bond donors (Lipinski definition) is 1. The first-order valence-corrected chi connectivity index (χ1v) is 6.54. The Balaban J connectivity index is 1.89. The van der Waals surface area contributed by atoms with Crippen molar-refractivity contribution in [2.24, 2.45) is 5.92 Å². The van der Waals surface area contributed by atoms with E-state index in [-0.39, 0.29) is 11.4 Å². The third kappa shape index (κ3) is 3.67. The number of pyridine rings is 1. The largest absolute Gasteiger partial charge is 0.370 e. The van der Waals surface area contributed by atoms with E-state index in [4.69, 9.17) is 0 Å². The molecule has 1 atom stereocenters. The second kappa shape index (κ2) is 5.22. The number of rotatable bonds is 3. The zero-order valence-electron chi connectivity index (χ0n) is 11.4. The highest BCUT2D eigenvalue weighted by Gasteiger charge is 2.24. The first kappa shape index (κ1) is 13.3. The van der Waals surface area contributed by atoms with Crippen LogP contribution in [0.4, 0.5) is 10.1 Å². The van der Waals surface area contributed by atoms with Gasteiger partial charge in [-0.2, -0.15) is 0 Å². The van der Waals surface area contributed by atoms with Gasteiger partial charge in [0.1, 0.15) is 5.82 Å². The van der Waals surface area contributed by atoms with E-state index in [1.54, 1.807) is 12.3 Å². The summed E-state index contributed by atoms with van der Waals surface area (Å²) >= 11 is 0. The molecule has 1 aliphatic rings. The van der Waals surface area contributed by atoms with Crippen molar-refractivity contribution < 1.29 is 4.39 Å². The molecule has 0 aromatic carbocycles. The Bertz CT molecular complexity index is 400. The Morgan fingerprint density at radius 1 is 1.44 bits per heavy atom. The molecule has 18 heavy (non-hydrogen) atoms. The molecule has 0 saturated carbocycles. The molecule has 2 rings (SSSR count). The minimum Gasteiger partial charge on any atom is -0.370 e. The molecule has 2 heterocycles. The Hall–Kier alpha value is -1.16. The van der Waals surface area contributed by atoms with Crippen LogP contribution in [0, 0.1) is 11.7 Å². The van der Waals surface area contributed by atoms with E-state index in [1.165, 1.54) is 6.20 Å². The molecule has 1 fully saturated rings. The predicted octanol–water partition coefficient (Wildman–Crippen LogP) is 2.44. The summed E-state index contributed by atoms with van der Waals surface area (Å²) in [6.07, 6.45) is 4.14. The van der Waals surface area contributed by atoms with E-state index >= 15 is 0 Å². The van der Waals surface area contributed by atoms with E-state index in [0.717, 1.165) is 31.7 Å². The van der Waals surface area contributed by atoms with Gasteiger partial charge in [0.15, 0.2) is 0 Å². The zero-order valence-corrected chi connectivity index (χ0v) is 11.4. The zero-order chi connectivity index (χ0) is 13.2. The molecule has 0 aliphatic carbocycles. The highest BCUT2D eigenvalue weighted by Crippen LogP contribution is 2.23. The van der Waals surface area contributed by atoms with Crippen LogP contribution in [0.25, 0.3) is 0 Å². The lowest BCUT2D eigenvalue weighted by Crippen LogP contribution is -2.39. The Morgan fingerprint density at radius 2 is 2.22 bits per heavy atom. The first-order chi connectivity index (χ1) is 8.44. The van der Waals surface area contributed by atoms with Crippen molar-refractivity contribution in [1.29, 1.82) is 0 Å². The maximum absolute atomic E-state index is 13.1. The molecule has 0 bridgehead atoms. The highest BCUT2D eigenvalue weighted by atomic mass is 19.1. The lowest BCUT2D eigenvalue weighted by atomic mass is 10.1. The molecule has 1 aliphatic heterocycles. The molecule has 1 N–H and O–H groups in total. The van der Waals surface area contributed by atoms with E-state index in [0.29, 0.717) is 5.92 Å². The third-order valence-corrected chi connectivity index (χ3v) is 3.26. The van der Waals surface area contributed by atoms with Gasteiger partial charge in [-0.15, -0.1) is 0 Å². The monoisotopic (exact) mass is 251 g/mol. The number of hydrogen-bond acceptors (Lipinski definition) is 3. The van der Waals surface area contributed by atoms with Crippen LogP contribution >= 0.6 is 0 Å². The van der Waals surface area contributed by atoms with Crippen molar-refractivity contribution in [3.8, 4) is 0 Å². The molecule has 1 unspecified atom stereocenters. The quantitative estimate of drug-likeness (QED) is 0.894. The molecule has 0 spiro atoms. The normalized spacial score (nSPS) is 20.4. The molecule has 1 saturated heterocycles. The topological polar surface area (TPSA) is 28.2 Å². The van der Waals surface area contributed by atoms with Gasteiger partial charge < -0.3 is 10.2 Å². The maximum Gasteiger partial charge on any atom is 0.143 e. The van der Waals surface area contributed by atoms with Crippen molar-refractivity contribution in [3.05, 3.63) is 24.3 Å². The average Bonchev–Trinajstić information content (AvgIpc) is 2.74. The number of nitrogens with one attached hydrogen (secondary N) is 1. The first-order valence-electron chi connectivity index (χ1n) is 6.54. The molecule has 0 radical (unpaired) electrons. The van der Waals surface area contributed by atoms with Gasteiger partial charge in [-0.25, -0.2) is 4.39 Å². The number of anilines is 1. The minimum atomic E-state index is -0.260.